The maximum absolute atomic E-state index is 12.1. The van der Waals surface area contributed by atoms with Gasteiger partial charge < -0.3 is 15.8 Å². The van der Waals surface area contributed by atoms with Gasteiger partial charge in [0.1, 0.15) is 5.75 Å². The highest BCUT2D eigenvalue weighted by Crippen LogP contribution is 2.20. The Labute approximate surface area is 129 Å². The minimum absolute atomic E-state index is 0.0232. The third-order valence-corrected chi connectivity index (χ3v) is 3.65. The van der Waals surface area contributed by atoms with Crippen LogP contribution < -0.4 is 11.3 Å². The van der Waals surface area contributed by atoms with Crippen molar-refractivity contribution in [3.05, 3.63) is 51.4 Å². The Bertz CT molecular complexity index is 801. The number of hydrogen-bond donors (Lipinski definition) is 3. The van der Waals surface area contributed by atoms with Crippen molar-refractivity contribution in [1.29, 1.82) is 0 Å². The van der Waals surface area contributed by atoms with Gasteiger partial charge in [0.25, 0.3) is 11.5 Å². The van der Waals surface area contributed by atoms with E-state index in [-0.39, 0.29) is 34.0 Å². The summed E-state index contributed by atoms with van der Waals surface area (Å²) in [5.41, 5.74) is 5.51. The third kappa shape index (κ3) is 3.73. The molecular formula is C14H13N3O4S. The number of carbonyl (C=O) groups is 2. The Morgan fingerprint density at radius 2 is 2.09 bits per heavy atom. The maximum atomic E-state index is 12.1. The minimum atomic E-state index is -0.815. The first-order chi connectivity index (χ1) is 10.4. The number of thioether (sulfide) groups is 1. The second-order valence-electron chi connectivity index (χ2n) is 4.50. The zero-order valence-electron chi connectivity index (χ0n) is 11.6. The van der Waals surface area contributed by atoms with Crippen molar-refractivity contribution in [3.63, 3.8) is 0 Å². The number of aromatic amines is 1. The fourth-order valence-corrected chi connectivity index (χ4v) is 2.56. The number of carbonyl (C=O) groups excluding carboxylic acids is 2. The molecule has 0 spiro atoms. The van der Waals surface area contributed by atoms with E-state index < -0.39 is 5.91 Å². The van der Waals surface area contributed by atoms with Crippen LogP contribution in [-0.2, 0) is 0 Å². The van der Waals surface area contributed by atoms with Gasteiger partial charge in [0, 0.05) is 17.3 Å². The van der Waals surface area contributed by atoms with E-state index in [1.807, 2.05) is 0 Å². The summed E-state index contributed by atoms with van der Waals surface area (Å²) in [5.74, 6) is -1.35. The van der Waals surface area contributed by atoms with Crippen LogP contribution in [0.4, 0.5) is 0 Å². The van der Waals surface area contributed by atoms with Crippen molar-refractivity contribution in [2.75, 3.05) is 5.75 Å². The molecule has 22 heavy (non-hydrogen) atoms. The topological polar surface area (TPSA) is 126 Å². The number of aryl methyl sites for hydroxylation is 1. The SMILES string of the molecule is Cc1cc(=O)[nH]c(SCC(=O)c2ccc(O)c(C(N)=O)c2)n1. The predicted octanol–water partition coefficient (Wildman–Crippen LogP) is 0.858. The number of nitrogens with one attached hydrogen (secondary N) is 1. The van der Waals surface area contributed by atoms with Gasteiger partial charge in [-0.25, -0.2) is 4.98 Å². The highest BCUT2D eigenvalue weighted by Gasteiger charge is 2.13. The predicted molar refractivity (Wildman–Crippen MR) is 81.3 cm³/mol. The van der Waals surface area contributed by atoms with Crippen molar-refractivity contribution in [3.8, 4) is 5.75 Å². The molecule has 0 aliphatic carbocycles. The molecular weight excluding hydrogens is 306 g/mol. The second kappa shape index (κ2) is 6.44. The zero-order chi connectivity index (χ0) is 16.3. The summed E-state index contributed by atoms with van der Waals surface area (Å²) in [7, 11) is 0. The molecule has 4 N–H and O–H groups in total. The molecule has 1 amide bonds. The lowest BCUT2D eigenvalue weighted by Gasteiger charge is -2.05. The van der Waals surface area contributed by atoms with Crippen molar-refractivity contribution < 1.29 is 14.7 Å². The highest BCUT2D eigenvalue weighted by atomic mass is 32.2. The molecule has 0 radical (unpaired) electrons. The summed E-state index contributed by atoms with van der Waals surface area (Å²) in [6.45, 7) is 1.68. The van der Waals surface area contributed by atoms with E-state index in [2.05, 4.69) is 9.97 Å². The van der Waals surface area contributed by atoms with Crippen molar-refractivity contribution in [2.24, 2.45) is 5.73 Å². The van der Waals surface area contributed by atoms with Crippen molar-refractivity contribution in [2.45, 2.75) is 12.1 Å². The molecule has 0 aliphatic rings. The Hall–Kier alpha value is -2.61. The van der Waals surface area contributed by atoms with Gasteiger partial charge in [0.05, 0.1) is 11.3 Å². The lowest BCUT2D eigenvalue weighted by molar-refractivity contribution is 0.0997. The van der Waals surface area contributed by atoms with Crippen LogP contribution in [0.25, 0.3) is 0 Å². The number of ketones is 1. The third-order valence-electron chi connectivity index (χ3n) is 2.77. The van der Waals surface area contributed by atoms with Gasteiger partial charge in [0.2, 0.25) is 0 Å². The molecule has 0 saturated heterocycles. The molecule has 0 atom stereocenters. The summed E-state index contributed by atoms with van der Waals surface area (Å²) in [6, 6.07) is 5.24. The average molecular weight is 319 g/mol. The Morgan fingerprint density at radius 1 is 1.36 bits per heavy atom. The first-order valence-electron chi connectivity index (χ1n) is 6.23. The number of H-pyrrole nitrogens is 1. The van der Waals surface area contributed by atoms with Crippen LogP contribution in [0.3, 0.4) is 0 Å². The van der Waals surface area contributed by atoms with E-state index in [0.717, 1.165) is 11.8 Å². The van der Waals surface area contributed by atoms with Crippen LogP contribution in [-0.4, -0.2) is 32.5 Å². The molecule has 1 aromatic carbocycles. The van der Waals surface area contributed by atoms with E-state index in [1.54, 1.807) is 6.92 Å². The summed E-state index contributed by atoms with van der Waals surface area (Å²) in [4.78, 5) is 41.2. The number of nitrogens with two attached hydrogens (primary N) is 1. The molecule has 0 unspecified atom stereocenters. The van der Waals surface area contributed by atoms with Crippen LogP contribution in [0.15, 0.2) is 34.2 Å². The van der Waals surface area contributed by atoms with E-state index in [9.17, 15) is 19.5 Å². The quantitative estimate of drug-likeness (QED) is 0.426. The Kier molecular flexibility index (Phi) is 4.62. The second-order valence-corrected chi connectivity index (χ2v) is 5.46. The number of aromatic hydroxyl groups is 1. The minimum Gasteiger partial charge on any atom is -0.507 e. The summed E-state index contributed by atoms with van der Waals surface area (Å²) in [5, 5.41) is 9.83. The van der Waals surface area contributed by atoms with Gasteiger partial charge in [-0.1, -0.05) is 11.8 Å². The molecule has 0 fully saturated rings. The first-order valence-corrected chi connectivity index (χ1v) is 7.22. The van der Waals surface area contributed by atoms with E-state index in [0.29, 0.717) is 10.9 Å². The van der Waals surface area contributed by atoms with Crippen LogP contribution in [0.1, 0.15) is 26.4 Å². The van der Waals surface area contributed by atoms with Gasteiger partial charge in [-0.2, -0.15) is 0 Å². The summed E-state index contributed by atoms with van der Waals surface area (Å²) < 4.78 is 0. The zero-order valence-corrected chi connectivity index (χ0v) is 12.4. The van der Waals surface area contributed by atoms with Crippen LogP contribution in [0.2, 0.25) is 0 Å². The number of hydrogen-bond acceptors (Lipinski definition) is 6. The largest absolute Gasteiger partial charge is 0.507 e. The molecule has 1 aromatic heterocycles. The van der Waals surface area contributed by atoms with E-state index in [1.165, 1.54) is 24.3 Å². The number of amides is 1. The summed E-state index contributed by atoms with van der Waals surface area (Å²) in [6.07, 6.45) is 0. The molecule has 8 heteroatoms. The number of nitrogens with zero attached hydrogens (tertiary/aromatic N) is 1. The number of primary amides is 1. The van der Waals surface area contributed by atoms with Gasteiger partial charge in [-0.05, 0) is 25.1 Å². The molecule has 1 heterocycles. The summed E-state index contributed by atoms with van der Waals surface area (Å²) >= 11 is 1.08. The van der Waals surface area contributed by atoms with Crippen LogP contribution >= 0.6 is 11.8 Å². The highest BCUT2D eigenvalue weighted by molar-refractivity contribution is 7.99. The first kappa shape index (κ1) is 15.8. The number of aromatic nitrogens is 2. The van der Waals surface area contributed by atoms with Crippen LogP contribution in [0.5, 0.6) is 5.75 Å². The Balaban J connectivity index is 2.14. The fourth-order valence-electron chi connectivity index (χ4n) is 1.74. The number of benzene rings is 1. The molecule has 2 rings (SSSR count). The Morgan fingerprint density at radius 3 is 2.73 bits per heavy atom. The van der Waals surface area contributed by atoms with Crippen molar-refractivity contribution >= 4 is 23.5 Å². The van der Waals surface area contributed by atoms with Crippen LogP contribution in [0, 0.1) is 6.92 Å². The smallest absolute Gasteiger partial charge is 0.252 e. The maximum Gasteiger partial charge on any atom is 0.252 e. The normalized spacial score (nSPS) is 10.4. The van der Waals surface area contributed by atoms with Gasteiger partial charge in [0.15, 0.2) is 10.9 Å². The molecule has 0 aliphatic heterocycles. The molecule has 114 valence electrons. The van der Waals surface area contributed by atoms with Gasteiger partial charge in [-0.3, -0.25) is 14.4 Å². The molecule has 2 aromatic rings. The number of rotatable bonds is 5. The lowest BCUT2D eigenvalue weighted by Crippen LogP contribution is -2.13. The number of Topliss-reactive ketones (excluding diaryl/α,β-unsaturated/α-hetero) is 1. The van der Waals surface area contributed by atoms with E-state index >= 15 is 0 Å². The number of phenols is 1. The molecule has 0 bridgehead atoms. The molecule has 7 nitrogen and oxygen atoms in total. The fraction of sp³-hybridized carbons (Fsp3) is 0.143. The van der Waals surface area contributed by atoms with Gasteiger partial charge in [-0.15, -0.1) is 0 Å². The molecule has 0 saturated carbocycles. The monoisotopic (exact) mass is 319 g/mol. The lowest BCUT2D eigenvalue weighted by atomic mass is 10.1. The van der Waals surface area contributed by atoms with E-state index in [4.69, 9.17) is 5.73 Å². The van der Waals surface area contributed by atoms with Crippen molar-refractivity contribution in [1.82, 2.24) is 9.97 Å². The average Bonchev–Trinajstić information content (AvgIpc) is 2.44. The standard InChI is InChI=1S/C14H13N3O4S/c1-7-4-12(20)17-14(16-7)22-6-11(19)8-2-3-10(18)9(5-8)13(15)21/h2-5,18H,6H2,1H3,(H2,15,21)(H,16,17,20). The van der Waals surface area contributed by atoms with Gasteiger partial charge >= 0.3 is 0 Å².